The number of carbonyl (C=O) groups is 1. The molecule has 34 heavy (non-hydrogen) atoms. The lowest BCUT2D eigenvalue weighted by Gasteiger charge is -2.39. The number of ether oxygens (including phenoxy) is 1. The molecule has 0 spiro atoms. The number of hydrogen-bond acceptors (Lipinski definition) is 6. The molecular weight excluding hydrogens is 454 g/mol. The predicted molar refractivity (Wildman–Crippen MR) is 127 cm³/mol. The van der Waals surface area contributed by atoms with Gasteiger partial charge >= 0.3 is 5.97 Å². The van der Waals surface area contributed by atoms with Gasteiger partial charge in [-0.2, -0.15) is 0 Å². The summed E-state index contributed by atoms with van der Waals surface area (Å²) in [7, 11) is 0. The highest BCUT2D eigenvalue weighted by Crippen LogP contribution is 2.45. The topological polar surface area (TPSA) is 88.7 Å². The third-order valence-electron chi connectivity index (χ3n) is 7.31. The number of aromatic nitrogens is 2. The van der Waals surface area contributed by atoms with Crippen molar-refractivity contribution in [3.8, 4) is 11.3 Å². The van der Waals surface area contributed by atoms with E-state index in [9.17, 15) is 4.79 Å². The zero-order chi connectivity index (χ0) is 23.2. The van der Waals surface area contributed by atoms with Crippen LogP contribution >= 0.6 is 11.6 Å². The van der Waals surface area contributed by atoms with E-state index in [0.717, 1.165) is 66.9 Å². The molecule has 2 bridgehead atoms. The maximum atomic E-state index is 11.2. The number of hydrogen-bond donors (Lipinski definition) is 1. The lowest BCUT2D eigenvalue weighted by molar-refractivity contribution is 0.0146. The average molecular weight is 480 g/mol. The van der Waals surface area contributed by atoms with Crippen LogP contribution in [0, 0.1) is 0 Å². The Bertz CT molecular complexity index is 1190. The molecule has 4 heterocycles. The summed E-state index contributed by atoms with van der Waals surface area (Å²) in [6, 6.07) is 11.9. The highest BCUT2D eigenvalue weighted by molar-refractivity contribution is 6.33. The van der Waals surface area contributed by atoms with Crippen LogP contribution in [0.1, 0.15) is 66.1 Å². The van der Waals surface area contributed by atoms with Crippen LogP contribution in [0.15, 0.2) is 47.1 Å². The van der Waals surface area contributed by atoms with Crippen molar-refractivity contribution >= 4 is 23.4 Å². The van der Waals surface area contributed by atoms with E-state index in [-0.39, 0.29) is 11.7 Å². The Balaban J connectivity index is 1.18. The van der Waals surface area contributed by atoms with Gasteiger partial charge in [-0.25, -0.2) is 9.78 Å². The maximum absolute atomic E-state index is 11.2. The Morgan fingerprint density at radius 1 is 1.12 bits per heavy atom. The van der Waals surface area contributed by atoms with Crippen LogP contribution < -0.4 is 4.90 Å². The van der Waals surface area contributed by atoms with Crippen LogP contribution in [0.2, 0.25) is 5.02 Å². The number of carboxylic acids is 1. The van der Waals surface area contributed by atoms with Crippen LogP contribution in [0.3, 0.4) is 0 Å². The minimum atomic E-state index is -0.954. The first kappa shape index (κ1) is 21.6. The van der Waals surface area contributed by atoms with Crippen molar-refractivity contribution in [3.05, 3.63) is 64.5 Å². The Morgan fingerprint density at radius 2 is 1.88 bits per heavy atom. The van der Waals surface area contributed by atoms with Gasteiger partial charge in [-0.15, -0.1) is 0 Å². The number of aromatic carboxylic acids is 1. The molecule has 0 amide bonds. The lowest BCUT2D eigenvalue weighted by Crippen LogP contribution is -2.46. The smallest absolute Gasteiger partial charge is 0.337 e. The monoisotopic (exact) mass is 479 g/mol. The van der Waals surface area contributed by atoms with Gasteiger partial charge in [0.1, 0.15) is 17.3 Å². The number of piperidine rings is 1. The Morgan fingerprint density at radius 3 is 2.53 bits per heavy atom. The third kappa shape index (κ3) is 3.97. The van der Waals surface area contributed by atoms with Crippen molar-refractivity contribution in [3.63, 3.8) is 0 Å². The van der Waals surface area contributed by atoms with Gasteiger partial charge in [-0.1, -0.05) is 35.0 Å². The summed E-state index contributed by atoms with van der Waals surface area (Å²) in [6.07, 6.45) is 7.88. The standard InChI is InChI=1S/C26H26ClN3O4/c27-22-4-2-1-3-20(22)24-21(25(34-29-24)15-5-6-15)14-33-19-11-17-8-9-18(12-19)30(17)23-10-7-16(13-28-23)26(31)32/h1-4,7,10,13,15,17-19H,5-6,8-9,11-12,14H2,(H,31,32)/t17-,18+,19+. The SMILES string of the molecule is O=C(O)c1ccc(N2[C@@H]3CC[C@H]2C[C@@H](OCc2c(-c4ccccc4Cl)noc2C2CC2)C3)nc1. The van der Waals surface area contributed by atoms with E-state index in [1.165, 1.54) is 6.20 Å². The summed E-state index contributed by atoms with van der Waals surface area (Å²) in [4.78, 5) is 18.0. The van der Waals surface area contributed by atoms with Crippen LogP contribution in [-0.4, -0.2) is 39.4 Å². The van der Waals surface area contributed by atoms with Gasteiger partial charge in [-0.3, -0.25) is 0 Å². The molecule has 2 aliphatic heterocycles. The van der Waals surface area contributed by atoms with Crippen molar-refractivity contribution in [1.29, 1.82) is 0 Å². The second kappa shape index (κ2) is 8.71. The first-order chi connectivity index (χ1) is 16.6. The molecule has 6 rings (SSSR count). The predicted octanol–water partition coefficient (Wildman–Crippen LogP) is 5.68. The number of halogens is 1. The minimum absolute atomic E-state index is 0.146. The largest absolute Gasteiger partial charge is 0.478 e. The zero-order valence-corrected chi connectivity index (χ0v) is 19.4. The molecule has 8 heteroatoms. The quantitative estimate of drug-likeness (QED) is 0.466. The summed E-state index contributed by atoms with van der Waals surface area (Å²) < 4.78 is 12.3. The average Bonchev–Trinajstić information content (AvgIpc) is 3.55. The fourth-order valence-electron chi connectivity index (χ4n) is 5.50. The van der Waals surface area contributed by atoms with Gasteiger partial charge in [0, 0.05) is 35.3 Å². The van der Waals surface area contributed by atoms with Crippen molar-refractivity contribution in [2.24, 2.45) is 0 Å². The number of carboxylic acid groups (broad SMARTS) is 1. The molecule has 2 saturated heterocycles. The van der Waals surface area contributed by atoms with Crippen molar-refractivity contribution in [2.75, 3.05) is 4.90 Å². The molecule has 7 nitrogen and oxygen atoms in total. The summed E-state index contributed by atoms with van der Waals surface area (Å²) in [5, 5.41) is 14.2. The van der Waals surface area contributed by atoms with Gasteiger partial charge in [0.05, 0.1) is 23.3 Å². The van der Waals surface area contributed by atoms with Crippen molar-refractivity contribution in [1.82, 2.24) is 10.1 Å². The molecule has 176 valence electrons. The van der Waals surface area contributed by atoms with E-state index in [0.29, 0.717) is 29.6 Å². The van der Waals surface area contributed by atoms with Crippen LogP contribution in [0.5, 0.6) is 0 Å². The van der Waals surface area contributed by atoms with Crippen LogP contribution in [-0.2, 0) is 11.3 Å². The maximum Gasteiger partial charge on any atom is 0.337 e. The number of pyridine rings is 1. The van der Waals surface area contributed by atoms with E-state index in [1.54, 1.807) is 6.07 Å². The molecule has 0 radical (unpaired) electrons. The zero-order valence-electron chi connectivity index (χ0n) is 18.7. The Hall–Kier alpha value is -2.90. The van der Waals surface area contributed by atoms with Gasteiger partial charge in [0.2, 0.25) is 0 Å². The fourth-order valence-corrected chi connectivity index (χ4v) is 5.72. The van der Waals surface area contributed by atoms with Crippen LogP contribution in [0.4, 0.5) is 5.82 Å². The second-order valence-electron chi connectivity index (χ2n) is 9.54. The number of benzene rings is 1. The van der Waals surface area contributed by atoms with E-state index in [4.69, 9.17) is 26.0 Å². The summed E-state index contributed by atoms with van der Waals surface area (Å²) in [6.45, 7) is 0.464. The van der Waals surface area contributed by atoms with E-state index >= 15 is 0 Å². The van der Waals surface area contributed by atoms with Crippen molar-refractivity contribution < 1.29 is 19.2 Å². The lowest BCUT2D eigenvalue weighted by atomic mass is 9.99. The molecule has 2 aromatic heterocycles. The van der Waals surface area contributed by atoms with Gasteiger partial charge in [0.25, 0.3) is 0 Å². The summed E-state index contributed by atoms with van der Waals surface area (Å²) in [5.41, 5.74) is 2.90. The highest BCUT2D eigenvalue weighted by Gasteiger charge is 2.42. The molecular formula is C26H26ClN3O4. The molecule has 0 unspecified atom stereocenters. The normalized spacial score (nSPS) is 23.9. The third-order valence-corrected chi connectivity index (χ3v) is 7.64. The number of rotatable bonds is 7. The molecule has 3 fully saturated rings. The number of anilines is 1. The van der Waals surface area contributed by atoms with Crippen molar-refractivity contribution in [2.45, 2.75) is 69.2 Å². The summed E-state index contributed by atoms with van der Waals surface area (Å²) >= 11 is 6.47. The van der Waals surface area contributed by atoms with Gasteiger partial charge < -0.3 is 19.3 Å². The molecule has 1 aliphatic carbocycles. The molecule has 3 atom stereocenters. The minimum Gasteiger partial charge on any atom is -0.478 e. The molecule has 1 N–H and O–H groups in total. The first-order valence-electron chi connectivity index (χ1n) is 11.9. The van der Waals surface area contributed by atoms with E-state index in [2.05, 4.69) is 15.0 Å². The number of nitrogens with zero attached hydrogens (tertiary/aromatic N) is 3. The fraction of sp³-hybridized carbons (Fsp3) is 0.423. The van der Waals surface area contributed by atoms with E-state index < -0.39 is 5.97 Å². The molecule has 3 aliphatic rings. The Labute approximate surface area is 202 Å². The molecule has 1 saturated carbocycles. The highest BCUT2D eigenvalue weighted by atomic mass is 35.5. The van der Waals surface area contributed by atoms with Gasteiger partial charge in [0.15, 0.2) is 0 Å². The van der Waals surface area contributed by atoms with Gasteiger partial charge in [-0.05, 0) is 56.7 Å². The summed E-state index contributed by atoms with van der Waals surface area (Å²) in [5.74, 6) is 1.27. The second-order valence-corrected chi connectivity index (χ2v) is 9.94. The number of fused-ring (bicyclic) bond motifs is 2. The Kier molecular flexibility index (Phi) is 5.54. The molecule has 3 aromatic rings. The first-order valence-corrected chi connectivity index (χ1v) is 12.3. The molecule has 1 aromatic carbocycles. The van der Waals surface area contributed by atoms with E-state index in [1.807, 2.05) is 30.3 Å². The van der Waals surface area contributed by atoms with Crippen LogP contribution in [0.25, 0.3) is 11.3 Å².